The molecule has 0 spiro atoms. The van der Waals surface area contributed by atoms with E-state index in [0.717, 1.165) is 21.7 Å². The molecule has 0 bridgehead atoms. The number of aromatic nitrogens is 2. The van der Waals surface area contributed by atoms with Crippen molar-refractivity contribution in [2.75, 3.05) is 6.61 Å². The number of azide groups is 1. The first-order valence-corrected chi connectivity index (χ1v) is 14.7. The maximum absolute atomic E-state index is 13.8. The van der Waals surface area contributed by atoms with Gasteiger partial charge in [0.25, 0.3) is 13.7 Å². The summed E-state index contributed by atoms with van der Waals surface area (Å²) in [6.07, 6.45) is -4.97. The summed E-state index contributed by atoms with van der Waals surface area (Å²) in [4.78, 5) is 48.5. The van der Waals surface area contributed by atoms with Crippen LogP contribution in [0.1, 0.15) is 25.6 Å². The minimum atomic E-state index is -3.61. The summed E-state index contributed by atoms with van der Waals surface area (Å²) in [7, 11) is -3.61. The summed E-state index contributed by atoms with van der Waals surface area (Å²) in [6, 6.07) is 16.7. The van der Waals surface area contributed by atoms with Crippen molar-refractivity contribution in [2.24, 2.45) is 5.11 Å². The number of aliphatic hydroxyl groups excluding tert-OH is 2. The van der Waals surface area contributed by atoms with Crippen molar-refractivity contribution in [2.45, 2.75) is 56.6 Å². The number of hydrogen-bond acceptors (Lipinski definition) is 11. The zero-order valence-corrected chi connectivity index (χ0v) is 24.6. The van der Waals surface area contributed by atoms with E-state index < -0.39 is 68.3 Å². The van der Waals surface area contributed by atoms with Crippen molar-refractivity contribution in [1.29, 1.82) is 0 Å². The van der Waals surface area contributed by atoms with E-state index in [1.165, 1.54) is 0 Å². The van der Waals surface area contributed by atoms with Gasteiger partial charge in [0.15, 0.2) is 12.3 Å². The molecule has 2 heterocycles. The van der Waals surface area contributed by atoms with Crippen LogP contribution in [0.5, 0.6) is 5.75 Å². The SMILES string of the molecule is CC(C)OC(=O)C(Cc1ccccc1)N(Oc1ccccc1)[PH](=O)OC[C@@]1(N=[N+]=[N-])O[C@@H](n2ccc(=O)[nH]c2=O)[C@H](O)[C@@H]1O. The monoisotopic (exact) mass is 630 g/mol. The van der Waals surface area contributed by atoms with Crippen LogP contribution in [0.15, 0.2) is 87.6 Å². The molecule has 4 rings (SSSR count). The van der Waals surface area contributed by atoms with Gasteiger partial charge in [0.1, 0.15) is 18.0 Å². The molecule has 3 N–H and O–H groups in total. The van der Waals surface area contributed by atoms with E-state index in [2.05, 4.69) is 10.0 Å². The zero-order valence-electron chi connectivity index (χ0n) is 23.6. The second-order valence-corrected chi connectivity index (χ2v) is 11.2. The van der Waals surface area contributed by atoms with Crippen molar-refractivity contribution in [3.8, 4) is 5.75 Å². The lowest BCUT2D eigenvalue weighted by Crippen LogP contribution is -2.46. The highest BCUT2D eigenvalue weighted by molar-refractivity contribution is 7.36. The molecule has 17 heteroatoms. The third kappa shape index (κ3) is 7.62. The molecule has 0 saturated carbocycles. The molecular formula is C27H31N6O10P. The maximum Gasteiger partial charge on any atom is 0.330 e. The van der Waals surface area contributed by atoms with E-state index in [4.69, 9.17) is 18.8 Å². The lowest BCUT2D eigenvalue weighted by atomic mass is 10.1. The van der Waals surface area contributed by atoms with Gasteiger partial charge in [-0.1, -0.05) is 58.5 Å². The molecule has 0 radical (unpaired) electrons. The number of aromatic amines is 1. The van der Waals surface area contributed by atoms with Crippen LogP contribution in [-0.4, -0.2) is 67.3 Å². The van der Waals surface area contributed by atoms with E-state index >= 15 is 0 Å². The topological polar surface area (TPSA) is 218 Å². The Bertz CT molecular complexity index is 1610. The second-order valence-electron chi connectivity index (χ2n) is 9.97. The number of hydroxylamine groups is 1. The van der Waals surface area contributed by atoms with Gasteiger partial charge in [-0.05, 0) is 37.1 Å². The van der Waals surface area contributed by atoms with E-state index in [0.29, 0.717) is 5.56 Å². The maximum atomic E-state index is 13.8. The summed E-state index contributed by atoms with van der Waals surface area (Å²) >= 11 is 0. The number of benzene rings is 2. The molecule has 2 unspecified atom stereocenters. The molecule has 1 aliphatic heterocycles. The quantitative estimate of drug-likeness (QED) is 0.0620. The molecule has 1 saturated heterocycles. The molecule has 234 valence electrons. The van der Waals surface area contributed by atoms with Crippen molar-refractivity contribution < 1.29 is 38.4 Å². The molecule has 3 aromatic rings. The smallest absolute Gasteiger partial charge is 0.330 e. The van der Waals surface area contributed by atoms with Gasteiger partial charge in [-0.3, -0.25) is 23.7 Å². The minimum Gasteiger partial charge on any atom is -0.462 e. The molecule has 16 nitrogen and oxygen atoms in total. The fourth-order valence-electron chi connectivity index (χ4n) is 4.39. The van der Waals surface area contributed by atoms with Crippen LogP contribution < -0.4 is 16.1 Å². The van der Waals surface area contributed by atoms with Crippen LogP contribution in [0.3, 0.4) is 0 Å². The highest BCUT2D eigenvalue weighted by atomic mass is 31.1. The number of hydrogen-bond donors (Lipinski definition) is 3. The zero-order chi connectivity index (χ0) is 31.9. The first-order chi connectivity index (χ1) is 21.0. The number of H-pyrrole nitrogens is 1. The Labute approximate surface area is 250 Å². The van der Waals surface area contributed by atoms with Crippen LogP contribution in [0.4, 0.5) is 0 Å². The van der Waals surface area contributed by atoms with E-state index in [-0.39, 0.29) is 12.2 Å². The fraction of sp³-hybridized carbons (Fsp3) is 0.370. The molecule has 0 aliphatic carbocycles. The van der Waals surface area contributed by atoms with Crippen LogP contribution in [0.25, 0.3) is 10.4 Å². The van der Waals surface area contributed by atoms with Gasteiger partial charge in [-0.25, -0.2) is 4.79 Å². The molecular weight excluding hydrogens is 599 g/mol. The molecule has 44 heavy (non-hydrogen) atoms. The number of rotatable bonds is 13. The fourth-order valence-corrected chi connectivity index (χ4v) is 5.48. The number of aliphatic hydroxyl groups is 2. The van der Waals surface area contributed by atoms with Gasteiger partial charge in [-0.15, -0.1) is 0 Å². The number of esters is 1. The Hall–Kier alpha value is -4.27. The average molecular weight is 631 g/mol. The average Bonchev–Trinajstić information content (AvgIpc) is 3.24. The van der Waals surface area contributed by atoms with E-state index in [1.807, 2.05) is 4.98 Å². The Balaban J connectivity index is 1.66. The first kappa shape index (κ1) is 32.6. The summed E-state index contributed by atoms with van der Waals surface area (Å²) in [5.74, 6) is -0.559. The lowest BCUT2D eigenvalue weighted by Gasteiger charge is -2.31. The summed E-state index contributed by atoms with van der Waals surface area (Å²) in [6.45, 7) is 2.39. The first-order valence-electron chi connectivity index (χ1n) is 13.4. The summed E-state index contributed by atoms with van der Waals surface area (Å²) < 4.78 is 31.3. The second kappa shape index (κ2) is 14.5. The van der Waals surface area contributed by atoms with Crippen LogP contribution in [0.2, 0.25) is 0 Å². The van der Waals surface area contributed by atoms with Gasteiger partial charge in [-0.2, -0.15) is 0 Å². The van der Waals surface area contributed by atoms with Gasteiger partial charge in [0.2, 0.25) is 5.72 Å². The number of carbonyl (C=O) groups is 1. The third-order valence-electron chi connectivity index (χ3n) is 6.45. The Morgan fingerprint density at radius 2 is 1.82 bits per heavy atom. The van der Waals surface area contributed by atoms with Gasteiger partial charge in [0.05, 0.1) is 12.7 Å². The van der Waals surface area contributed by atoms with Gasteiger partial charge >= 0.3 is 11.7 Å². The highest BCUT2D eigenvalue weighted by Crippen LogP contribution is 2.42. The standard InChI is InChI=1S/C27H31N6O10P/c1-17(2)41-25(37)20(15-18-9-5-3-6-10-18)33(43-19-11-7-4-8-12-19)44(39)40-16-27(30-31-28)23(36)22(35)24(42-27)32-14-13-21(34)29-26(32)38/h3-14,17,20,22-24,35-36,44H,15-16H2,1-2H3,(H,29,34,38)/t20?,22-,23+,24-,27-/m1/s1. The van der Waals surface area contributed by atoms with Crippen molar-refractivity contribution in [1.82, 2.24) is 14.4 Å². The van der Waals surface area contributed by atoms with Crippen LogP contribution in [-0.2, 0) is 29.8 Å². The highest BCUT2D eigenvalue weighted by Gasteiger charge is 2.56. The molecule has 6 atom stereocenters. The van der Waals surface area contributed by atoms with Crippen molar-refractivity contribution in [3.05, 3.63) is 110 Å². The van der Waals surface area contributed by atoms with Gasteiger partial charge in [0, 0.05) is 23.6 Å². The largest absolute Gasteiger partial charge is 0.462 e. The third-order valence-corrected chi connectivity index (χ3v) is 7.60. The molecule has 1 aromatic heterocycles. The minimum absolute atomic E-state index is 0.00444. The summed E-state index contributed by atoms with van der Waals surface area (Å²) in [5, 5.41) is 25.1. The number of nitrogens with zero attached hydrogens (tertiary/aromatic N) is 5. The Morgan fingerprint density at radius 1 is 1.16 bits per heavy atom. The van der Waals surface area contributed by atoms with Gasteiger partial charge < -0.3 is 29.0 Å². The van der Waals surface area contributed by atoms with Crippen LogP contribution >= 0.6 is 8.18 Å². The number of nitrogens with one attached hydrogen (secondary N) is 1. The predicted molar refractivity (Wildman–Crippen MR) is 154 cm³/mol. The predicted octanol–water partition coefficient (Wildman–Crippen LogP) is 2.06. The molecule has 1 aliphatic rings. The Morgan fingerprint density at radius 3 is 2.43 bits per heavy atom. The van der Waals surface area contributed by atoms with E-state index in [1.54, 1.807) is 74.5 Å². The summed E-state index contributed by atoms with van der Waals surface area (Å²) in [5.41, 5.74) is 5.87. The van der Waals surface area contributed by atoms with Crippen molar-refractivity contribution in [3.63, 3.8) is 0 Å². The van der Waals surface area contributed by atoms with Crippen molar-refractivity contribution >= 4 is 14.1 Å². The Kier molecular flexibility index (Phi) is 10.7. The molecule has 1 fully saturated rings. The number of carbonyl (C=O) groups excluding carboxylic acids is 1. The number of para-hydroxylation sites is 1. The van der Waals surface area contributed by atoms with E-state index in [9.17, 15) is 34.7 Å². The lowest BCUT2D eigenvalue weighted by molar-refractivity contribution is -0.160. The number of ether oxygens (including phenoxy) is 2. The van der Waals surface area contributed by atoms with Crippen LogP contribution in [0, 0.1) is 0 Å². The molecule has 0 amide bonds. The molecule has 2 aromatic carbocycles. The normalized spacial score (nSPS) is 22.7.